The Morgan fingerprint density at radius 3 is 2.54 bits per heavy atom. The van der Waals surface area contributed by atoms with Gasteiger partial charge < -0.3 is 5.32 Å². The lowest BCUT2D eigenvalue weighted by molar-refractivity contribution is 0.0979. The molecule has 0 spiro atoms. The monoisotopic (exact) mass is 334 g/mol. The van der Waals surface area contributed by atoms with E-state index in [2.05, 4.69) is 10.6 Å². The molecule has 0 atom stereocenters. The van der Waals surface area contributed by atoms with Crippen molar-refractivity contribution < 1.29 is 4.79 Å². The zero-order valence-electron chi connectivity index (χ0n) is 13.6. The molecule has 1 amide bonds. The van der Waals surface area contributed by atoms with E-state index in [0.717, 1.165) is 27.6 Å². The molecule has 0 aliphatic heterocycles. The lowest BCUT2D eigenvalue weighted by Gasteiger charge is -2.13. The molecule has 120 valence electrons. The van der Waals surface area contributed by atoms with Crippen molar-refractivity contribution in [1.29, 1.82) is 0 Å². The van der Waals surface area contributed by atoms with E-state index in [1.54, 1.807) is 6.07 Å². The number of amides is 1. The molecule has 0 saturated heterocycles. The average molecular weight is 334 g/mol. The SMILES string of the molecule is Cc1ccc(C)c(NC(=S)NC(=O)c2cccc3ccccc23)c1. The fourth-order valence-corrected chi connectivity index (χ4v) is 2.82. The number of hydrogen-bond acceptors (Lipinski definition) is 2. The molecule has 2 N–H and O–H groups in total. The summed E-state index contributed by atoms with van der Waals surface area (Å²) in [5.41, 5.74) is 3.71. The maximum absolute atomic E-state index is 12.6. The maximum Gasteiger partial charge on any atom is 0.258 e. The quantitative estimate of drug-likeness (QED) is 0.674. The number of hydrogen-bond donors (Lipinski definition) is 2. The third-order valence-electron chi connectivity index (χ3n) is 3.90. The molecule has 24 heavy (non-hydrogen) atoms. The van der Waals surface area contributed by atoms with Crippen molar-refractivity contribution >= 4 is 39.7 Å². The van der Waals surface area contributed by atoms with Gasteiger partial charge in [-0.25, -0.2) is 0 Å². The topological polar surface area (TPSA) is 41.1 Å². The van der Waals surface area contributed by atoms with Crippen LogP contribution in [0.15, 0.2) is 60.7 Å². The summed E-state index contributed by atoms with van der Waals surface area (Å²) in [4.78, 5) is 12.6. The van der Waals surface area contributed by atoms with Crippen LogP contribution in [-0.2, 0) is 0 Å². The molecule has 0 heterocycles. The largest absolute Gasteiger partial charge is 0.332 e. The van der Waals surface area contributed by atoms with Crippen LogP contribution in [0.5, 0.6) is 0 Å². The highest BCUT2D eigenvalue weighted by atomic mass is 32.1. The molecule has 0 radical (unpaired) electrons. The highest BCUT2D eigenvalue weighted by molar-refractivity contribution is 7.80. The molecule has 3 aromatic carbocycles. The molecule has 4 heteroatoms. The van der Waals surface area contributed by atoms with Gasteiger partial charge in [-0.1, -0.05) is 48.5 Å². The lowest BCUT2D eigenvalue weighted by atomic mass is 10.0. The van der Waals surface area contributed by atoms with Crippen molar-refractivity contribution in [2.45, 2.75) is 13.8 Å². The average Bonchev–Trinajstić information content (AvgIpc) is 2.57. The van der Waals surface area contributed by atoms with E-state index in [0.29, 0.717) is 10.7 Å². The van der Waals surface area contributed by atoms with Crippen molar-refractivity contribution in [2.75, 3.05) is 5.32 Å². The van der Waals surface area contributed by atoms with E-state index in [9.17, 15) is 4.79 Å². The first-order chi connectivity index (χ1) is 11.5. The minimum atomic E-state index is -0.213. The number of rotatable bonds is 2. The van der Waals surface area contributed by atoms with Crippen LogP contribution in [0, 0.1) is 13.8 Å². The minimum Gasteiger partial charge on any atom is -0.332 e. The summed E-state index contributed by atoms with van der Waals surface area (Å²) in [7, 11) is 0. The fraction of sp³-hybridized carbons (Fsp3) is 0.100. The lowest BCUT2D eigenvalue weighted by Crippen LogP contribution is -2.34. The van der Waals surface area contributed by atoms with Crippen LogP contribution in [0.2, 0.25) is 0 Å². The molecule has 3 nitrogen and oxygen atoms in total. The number of aryl methyl sites for hydroxylation is 2. The van der Waals surface area contributed by atoms with Gasteiger partial charge in [0.2, 0.25) is 0 Å². The normalized spacial score (nSPS) is 10.4. The van der Waals surface area contributed by atoms with Crippen LogP contribution in [0.25, 0.3) is 10.8 Å². The summed E-state index contributed by atoms with van der Waals surface area (Å²) in [6.45, 7) is 4.01. The van der Waals surface area contributed by atoms with Gasteiger partial charge in [0.15, 0.2) is 5.11 Å². The third-order valence-corrected chi connectivity index (χ3v) is 4.11. The van der Waals surface area contributed by atoms with Gasteiger partial charge in [-0.2, -0.15) is 0 Å². The number of thiocarbonyl (C=S) groups is 1. The number of nitrogens with one attached hydrogen (secondary N) is 2. The molecule has 0 aliphatic carbocycles. The molecule has 0 fully saturated rings. The first-order valence-corrected chi connectivity index (χ1v) is 8.13. The molecule has 3 rings (SSSR count). The number of carbonyl (C=O) groups is 1. The van der Waals surface area contributed by atoms with Crippen LogP contribution < -0.4 is 10.6 Å². The van der Waals surface area contributed by atoms with Crippen molar-refractivity contribution in [1.82, 2.24) is 5.32 Å². The van der Waals surface area contributed by atoms with Gasteiger partial charge in [0.25, 0.3) is 5.91 Å². The molecule has 0 saturated carbocycles. The van der Waals surface area contributed by atoms with Crippen LogP contribution in [0.3, 0.4) is 0 Å². The first-order valence-electron chi connectivity index (χ1n) is 7.72. The van der Waals surface area contributed by atoms with Gasteiger partial charge in [0.05, 0.1) is 0 Å². The van der Waals surface area contributed by atoms with E-state index in [4.69, 9.17) is 12.2 Å². The smallest absolute Gasteiger partial charge is 0.258 e. The van der Waals surface area contributed by atoms with Crippen LogP contribution in [0.1, 0.15) is 21.5 Å². The van der Waals surface area contributed by atoms with E-state index in [-0.39, 0.29) is 5.91 Å². The summed E-state index contributed by atoms with van der Waals surface area (Å²) in [5.74, 6) is -0.213. The molecular weight excluding hydrogens is 316 g/mol. The number of benzene rings is 3. The number of carbonyl (C=O) groups excluding carboxylic acids is 1. The van der Waals surface area contributed by atoms with E-state index < -0.39 is 0 Å². The summed E-state index contributed by atoms with van der Waals surface area (Å²) < 4.78 is 0. The Kier molecular flexibility index (Phi) is 4.58. The summed E-state index contributed by atoms with van der Waals surface area (Å²) in [6, 6.07) is 19.5. The summed E-state index contributed by atoms with van der Waals surface area (Å²) in [5, 5.41) is 8.09. The zero-order chi connectivity index (χ0) is 17.1. The third kappa shape index (κ3) is 3.44. The second-order valence-corrected chi connectivity index (χ2v) is 6.16. The van der Waals surface area contributed by atoms with Gasteiger partial charge in [-0.15, -0.1) is 0 Å². The molecule has 0 aromatic heterocycles. The van der Waals surface area contributed by atoms with Gasteiger partial charge in [-0.3, -0.25) is 10.1 Å². The van der Waals surface area contributed by atoms with Crippen molar-refractivity contribution in [3.63, 3.8) is 0 Å². The van der Waals surface area contributed by atoms with E-state index in [1.807, 2.05) is 68.4 Å². The molecule has 3 aromatic rings. The van der Waals surface area contributed by atoms with Gasteiger partial charge in [0, 0.05) is 11.3 Å². The van der Waals surface area contributed by atoms with Crippen LogP contribution in [-0.4, -0.2) is 11.0 Å². The van der Waals surface area contributed by atoms with Gasteiger partial charge >= 0.3 is 0 Å². The Labute approximate surface area is 146 Å². The van der Waals surface area contributed by atoms with Crippen molar-refractivity contribution in [3.8, 4) is 0 Å². The Hall–Kier alpha value is -2.72. The molecule has 0 aliphatic rings. The van der Waals surface area contributed by atoms with Crippen LogP contribution in [0.4, 0.5) is 5.69 Å². The summed E-state index contributed by atoms with van der Waals surface area (Å²) >= 11 is 5.29. The predicted octanol–water partition coefficient (Wildman–Crippen LogP) is 4.58. The van der Waals surface area contributed by atoms with Gasteiger partial charge in [-0.05, 0) is 60.1 Å². The fourth-order valence-electron chi connectivity index (χ4n) is 2.62. The second kappa shape index (κ2) is 6.81. The Morgan fingerprint density at radius 1 is 0.958 bits per heavy atom. The number of anilines is 1. The zero-order valence-corrected chi connectivity index (χ0v) is 14.4. The highest BCUT2D eigenvalue weighted by Gasteiger charge is 2.11. The van der Waals surface area contributed by atoms with E-state index in [1.165, 1.54) is 0 Å². The molecule has 0 unspecified atom stereocenters. The highest BCUT2D eigenvalue weighted by Crippen LogP contribution is 2.19. The molecular formula is C20H18N2OS. The Bertz CT molecular complexity index is 929. The van der Waals surface area contributed by atoms with E-state index >= 15 is 0 Å². The minimum absolute atomic E-state index is 0.213. The Morgan fingerprint density at radius 2 is 1.71 bits per heavy atom. The Balaban J connectivity index is 1.79. The molecule has 0 bridgehead atoms. The van der Waals surface area contributed by atoms with Crippen LogP contribution >= 0.6 is 12.2 Å². The maximum atomic E-state index is 12.6. The van der Waals surface area contributed by atoms with Crippen molar-refractivity contribution in [3.05, 3.63) is 77.4 Å². The second-order valence-electron chi connectivity index (χ2n) is 5.75. The number of fused-ring (bicyclic) bond motifs is 1. The van der Waals surface area contributed by atoms with Gasteiger partial charge in [0.1, 0.15) is 0 Å². The van der Waals surface area contributed by atoms with Crippen molar-refractivity contribution in [2.24, 2.45) is 0 Å². The standard InChI is InChI=1S/C20H18N2OS/c1-13-10-11-14(2)18(12-13)21-20(24)22-19(23)17-9-5-7-15-6-3-4-8-16(15)17/h3-12H,1-2H3,(H2,21,22,23,24). The predicted molar refractivity (Wildman–Crippen MR) is 104 cm³/mol. The first kappa shape index (κ1) is 16.1. The summed E-state index contributed by atoms with van der Waals surface area (Å²) in [6.07, 6.45) is 0.